The van der Waals surface area contributed by atoms with E-state index in [0.717, 1.165) is 16.7 Å². The van der Waals surface area contributed by atoms with Crippen LogP contribution in [0.1, 0.15) is 42.4 Å². The topological polar surface area (TPSA) is 104 Å². The molecule has 46 heavy (non-hydrogen) atoms. The fraction of sp³-hybridized carbons (Fsp3) is 0.333. The largest absolute Gasteiger partial charge is 0.504 e. The van der Waals surface area contributed by atoms with E-state index in [9.17, 15) is 24.3 Å². The first-order valence-corrected chi connectivity index (χ1v) is 16.2. The quantitative estimate of drug-likeness (QED) is 0.240. The molecule has 1 N–H and O–H groups in total. The van der Waals surface area contributed by atoms with Crippen LogP contribution in [0.4, 0.5) is 11.4 Å². The second kappa shape index (κ2) is 11.3. The average Bonchev–Trinajstić information content (AvgIpc) is 3.44. The summed E-state index contributed by atoms with van der Waals surface area (Å²) in [7, 11) is 0. The van der Waals surface area contributed by atoms with Gasteiger partial charge in [0.05, 0.1) is 41.7 Å². The van der Waals surface area contributed by atoms with Crippen LogP contribution in [0.2, 0.25) is 10.0 Å². The Labute approximate surface area is 276 Å². The van der Waals surface area contributed by atoms with Crippen LogP contribution >= 0.6 is 23.2 Å². The minimum Gasteiger partial charge on any atom is -0.504 e. The van der Waals surface area contributed by atoms with Crippen LogP contribution < -0.4 is 14.5 Å². The van der Waals surface area contributed by atoms with Crippen molar-refractivity contribution in [2.24, 2.45) is 29.6 Å². The number of phenolic OH excluding ortho intramolecular Hbond substituents is 1. The van der Waals surface area contributed by atoms with Crippen molar-refractivity contribution in [1.29, 1.82) is 0 Å². The summed E-state index contributed by atoms with van der Waals surface area (Å²) in [5, 5.41) is 11.4. The Morgan fingerprint density at radius 3 is 1.93 bits per heavy atom. The normalized spacial score (nSPS) is 27.0. The number of hydrogen-bond donors (Lipinski definition) is 1. The summed E-state index contributed by atoms with van der Waals surface area (Å²) < 4.78 is 5.70. The highest BCUT2D eigenvalue weighted by molar-refractivity contribution is 6.33. The molecular weight excluding hydrogens is 627 g/mol. The Kier molecular flexibility index (Phi) is 7.48. The maximum absolute atomic E-state index is 14.3. The summed E-state index contributed by atoms with van der Waals surface area (Å²) >= 11 is 12.8. The predicted octanol–water partition coefficient (Wildman–Crippen LogP) is 6.76. The number of carbonyl (C=O) groups excluding carboxylic acids is 4. The van der Waals surface area contributed by atoms with Crippen LogP contribution in [0.25, 0.3) is 0 Å². The summed E-state index contributed by atoms with van der Waals surface area (Å²) in [5.41, 5.74) is 4.00. The molecule has 4 aliphatic rings. The molecule has 2 saturated heterocycles. The van der Waals surface area contributed by atoms with E-state index in [0.29, 0.717) is 40.0 Å². The SMILES string of the molecule is CCOc1cc(C2C3=CCC4C(=O)N(c5ccc(C)c(Cl)c5)C(=O)C4C3CC3C(=O)N(c4ccc(C)c(Cl)c4)C(=O)C32)ccc1O. The van der Waals surface area contributed by atoms with Crippen LogP contribution in [0.5, 0.6) is 11.5 Å². The van der Waals surface area contributed by atoms with Crippen molar-refractivity contribution in [3.05, 3.63) is 93.0 Å². The monoisotopic (exact) mass is 658 g/mol. The molecule has 4 amide bonds. The van der Waals surface area contributed by atoms with Gasteiger partial charge in [0.1, 0.15) is 0 Å². The lowest BCUT2D eigenvalue weighted by Crippen LogP contribution is -2.43. The van der Waals surface area contributed by atoms with Gasteiger partial charge in [0.15, 0.2) is 11.5 Å². The summed E-state index contributed by atoms with van der Waals surface area (Å²) in [6.07, 6.45) is 2.55. The predicted molar refractivity (Wildman–Crippen MR) is 174 cm³/mol. The number of aromatic hydroxyl groups is 1. The molecule has 0 bridgehead atoms. The van der Waals surface area contributed by atoms with Crippen LogP contribution in [0.3, 0.4) is 0 Å². The highest BCUT2D eigenvalue weighted by Gasteiger charge is 2.62. The number of nitrogens with zero attached hydrogens (tertiary/aromatic N) is 2. The second-order valence-corrected chi connectivity index (χ2v) is 13.4. The maximum Gasteiger partial charge on any atom is 0.238 e. The summed E-state index contributed by atoms with van der Waals surface area (Å²) in [5.74, 6) is -4.96. The Bertz CT molecular complexity index is 1870. The minimum atomic E-state index is -0.759. The van der Waals surface area contributed by atoms with E-state index in [1.165, 1.54) is 15.9 Å². The van der Waals surface area contributed by atoms with E-state index < -0.39 is 35.5 Å². The Hall–Kier alpha value is -4.14. The number of ether oxygens (including phenoxy) is 1. The highest BCUT2D eigenvalue weighted by Crippen LogP contribution is 2.59. The van der Waals surface area contributed by atoms with Gasteiger partial charge in [-0.05, 0) is 92.6 Å². The smallest absolute Gasteiger partial charge is 0.238 e. The number of carbonyl (C=O) groups is 4. The molecular formula is C36H32Cl2N2O6. The Morgan fingerprint density at radius 1 is 0.761 bits per heavy atom. The molecule has 3 aromatic carbocycles. The van der Waals surface area contributed by atoms with Crippen LogP contribution in [0, 0.1) is 43.4 Å². The number of halogens is 2. The van der Waals surface area contributed by atoms with Crippen molar-refractivity contribution in [2.45, 2.75) is 39.5 Å². The fourth-order valence-corrected chi connectivity index (χ4v) is 8.26. The highest BCUT2D eigenvalue weighted by atomic mass is 35.5. The molecule has 0 spiro atoms. The van der Waals surface area contributed by atoms with E-state index in [1.54, 1.807) is 48.5 Å². The van der Waals surface area contributed by atoms with Crippen molar-refractivity contribution in [2.75, 3.05) is 16.4 Å². The molecule has 6 atom stereocenters. The van der Waals surface area contributed by atoms with E-state index >= 15 is 0 Å². The lowest BCUT2D eigenvalue weighted by atomic mass is 9.57. The minimum absolute atomic E-state index is 0.0408. The molecule has 0 aromatic heterocycles. The van der Waals surface area contributed by atoms with Crippen LogP contribution in [-0.4, -0.2) is 35.3 Å². The molecule has 7 rings (SSSR count). The Morgan fingerprint density at radius 2 is 1.35 bits per heavy atom. The number of allylic oxidation sites excluding steroid dienone is 2. The zero-order chi connectivity index (χ0) is 32.6. The van der Waals surface area contributed by atoms with Gasteiger partial charge in [-0.25, -0.2) is 9.80 Å². The average molecular weight is 660 g/mol. The third-order valence-corrected chi connectivity index (χ3v) is 10.9. The number of aryl methyl sites for hydroxylation is 2. The third kappa shape index (κ3) is 4.56. The van der Waals surface area contributed by atoms with Gasteiger partial charge in [0, 0.05) is 16.0 Å². The first-order valence-electron chi connectivity index (χ1n) is 15.4. The Balaban J connectivity index is 1.34. The maximum atomic E-state index is 14.3. The lowest BCUT2D eigenvalue weighted by molar-refractivity contribution is -0.126. The molecule has 6 unspecified atom stereocenters. The molecule has 0 radical (unpaired) electrons. The van der Waals surface area contributed by atoms with Crippen LogP contribution in [-0.2, 0) is 19.2 Å². The third-order valence-electron chi connectivity index (χ3n) is 10.1. The van der Waals surface area contributed by atoms with Crippen molar-refractivity contribution in [3.8, 4) is 11.5 Å². The van der Waals surface area contributed by atoms with Gasteiger partial charge in [-0.1, -0.05) is 53.1 Å². The van der Waals surface area contributed by atoms with Gasteiger partial charge in [0.25, 0.3) is 0 Å². The number of amides is 4. The first kappa shape index (κ1) is 30.5. The van der Waals surface area contributed by atoms with Crippen LogP contribution in [0.15, 0.2) is 66.2 Å². The number of phenols is 1. The zero-order valence-corrected chi connectivity index (χ0v) is 27.0. The number of anilines is 2. The van der Waals surface area contributed by atoms with E-state index in [-0.39, 0.29) is 41.5 Å². The number of benzene rings is 3. The van der Waals surface area contributed by atoms with Gasteiger partial charge < -0.3 is 9.84 Å². The number of rotatable bonds is 5. The fourth-order valence-electron chi connectivity index (χ4n) is 7.91. The molecule has 3 fully saturated rings. The zero-order valence-electron chi connectivity index (χ0n) is 25.5. The van der Waals surface area contributed by atoms with Gasteiger partial charge in [-0.15, -0.1) is 0 Å². The van der Waals surface area contributed by atoms with Gasteiger partial charge >= 0.3 is 0 Å². The molecule has 1 saturated carbocycles. The van der Waals surface area contributed by atoms with Crippen molar-refractivity contribution < 1.29 is 29.0 Å². The standard InChI is InChI=1S/C36H32Cl2N2O6/c1-4-46-29-13-19(7-12-28(29)41)30-22-10-11-23-31(35(44)39(33(23)42)20-8-5-17(2)26(37)14-20)24(22)16-25-32(30)36(45)40(34(25)43)21-9-6-18(3)27(38)15-21/h5-10,12-15,23-25,30-32,41H,4,11,16H2,1-3H3. The lowest BCUT2D eigenvalue weighted by Gasteiger charge is -2.44. The summed E-state index contributed by atoms with van der Waals surface area (Å²) in [6, 6.07) is 15.2. The van der Waals surface area contributed by atoms with E-state index in [1.807, 2.05) is 26.8 Å². The molecule has 2 heterocycles. The first-order chi connectivity index (χ1) is 22.0. The van der Waals surface area contributed by atoms with Gasteiger partial charge in [-0.3, -0.25) is 19.2 Å². The van der Waals surface area contributed by atoms with Crippen molar-refractivity contribution in [1.82, 2.24) is 0 Å². The molecule has 8 nitrogen and oxygen atoms in total. The van der Waals surface area contributed by atoms with Crippen molar-refractivity contribution in [3.63, 3.8) is 0 Å². The van der Waals surface area contributed by atoms with Gasteiger partial charge in [-0.2, -0.15) is 0 Å². The molecule has 2 aliphatic carbocycles. The number of fused-ring (bicyclic) bond motifs is 4. The van der Waals surface area contributed by atoms with E-state index in [2.05, 4.69) is 0 Å². The number of hydrogen-bond acceptors (Lipinski definition) is 6. The summed E-state index contributed by atoms with van der Waals surface area (Å²) in [4.78, 5) is 59.0. The van der Waals surface area contributed by atoms with Gasteiger partial charge in [0.2, 0.25) is 23.6 Å². The summed E-state index contributed by atoms with van der Waals surface area (Å²) in [6.45, 7) is 5.82. The number of imide groups is 2. The molecule has 236 valence electrons. The molecule has 10 heteroatoms. The van der Waals surface area contributed by atoms with Crippen molar-refractivity contribution >= 4 is 58.2 Å². The van der Waals surface area contributed by atoms with E-state index in [4.69, 9.17) is 27.9 Å². The molecule has 2 aliphatic heterocycles. The second-order valence-electron chi connectivity index (χ2n) is 12.6. The molecule has 3 aromatic rings.